The van der Waals surface area contributed by atoms with Crippen molar-refractivity contribution in [2.24, 2.45) is 4.99 Å². The Kier molecular flexibility index (Phi) is 7.17. The van der Waals surface area contributed by atoms with Crippen LogP contribution < -0.4 is 0 Å². The lowest BCUT2D eigenvalue weighted by molar-refractivity contribution is 0.720. The van der Waals surface area contributed by atoms with Crippen molar-refractivity contribution in [1.29, 1.82) is 0 Å². The molecule has 0 radical (unpaired) electrons. The third-order valence-electron chi connectivity index (χ3n) is 10.2. The van der Waals surface area contributed by atoms with Gasteiger partial charge in [-0.25, -0.2) is 0 Å². The number of aliphatic imine (C=N–C) groups is 1. The van der Waals surface area contributed by atoms with Crippen molar-refractivity contribution in [2.75, 3.05) is 0 Å². The van der Waals surface area contributed by atoms with E-state index in [1.807, 2.05) is 0 Å². The van der Waals surface area contributed by atoms with Crippen LogP contribution in [0.1, 0.15) is 52.0 Å². The Morgan fingerprint density at radius 3 is 1.75 bits per heavy atom. The Hall–Kier alpha value is -5.79. The Morgan fingerprint density at radius 1 is 0.438 bits per heavy atom. The van der Waals surface area contributed by atoms with Gasteiger partial charge in [-0.2, -0.15) is 0 Å². The fourth-order valence-electron chi connectivity index (χ4n) is 7.89. The minimum Gasteiger partial charge on any atom is -0.252 e. The summed E-state index contributed by atoms with van der Waals surface area (Å²) in [5.41, 5.74) is 16.3. The number of fused-ring (bicyclic) bond motifs is 6. The predicted octanol–water partition coefficient (Wildman–Crippen LogP) is 12.0. The Labute approximate surface area is 283 Å². The number of hydrogen-bond acceptors (Lipinski definition) is 1. The van der Waals surface area contributed by atoms with Gasteiger partial charge in [-0.1, -0.05) is 176 Å². The van der Waals surface area contributed by atoms with Crippen molar-refractivity contribution in [1.82, 2.24) is 0 Å². The lowest BCUT2D eigenvalue weighted by atomic mass is 9.69. The molecule has 2 aliphatic carbocycles. The highest BCUT2D eigenvalue weighted by Gasteiger charge is 2.31. The van der Waals surface area contributed by atoms with Crippen molar-refractivity contribution >= 4 is 11.4 Å². The van der Waals surface area contributed by atoms with Crippen LogP contribution in [0, 0.1) is 0 Å². The summed E-state index contributed by atoms with van der Waals surface area (Å²) in [6.45, 7) is 0. The third kappa shape index (κ3) is 5.09. The van der Waals surface area contributed by atoms with Gasteiger partial charge in [-0.3, -0.25) is 4.99 Å². The maximum absolute atomic E-state index is 5.18. The largest absolute Gasteiger partial charge is 0.252 e. The molecule has 228 valence electrons. The first-order valence-corrected chi connectivity index (χ1v) is 17.0. The van der Waals surface area contributed by atoms with E-state index in [9.17, 15) is 0 Å². The van der Waals surface area contributed by atoms with Gasteiger partial charge in [0, 0.05) is 29.9 Å². The van der Waals surface area contributed by atoms with Gasteiger partial charge < -0.3 is 0 Å². The van der Waals surface area contributed by atoms with Crippen molar-refractivity contribution in [2.45, 2.75) is 24.2 Å². The Morgan fingerprint density at radius 2 is 1.02 bits per heavy atom. The van der Waals surface area contributed by atoms with Crippen LogP contribution in [0.15, 0.2) is 187 Å². The zero-order valence-electron chi connectivity index (χ0n) is 26.7. The second kappa shape index (κ2) is 12.1. The standard InChI is InChI=1S/C47H35N/c1-3-14-32(15-4-1)46-30-37(31-47(48-46)33-16-5-2-6-17-33)34-18-13-19-35(28-34)38-20-7-8-21-39(38)36-26-27-44-42-24-10-9-22-40(42)41-23-11-12-25-43(41)45(44)29-36/h1-30,37,40,42H,31H2. The van der Waals surface area contributed by atoms with Crippen molar-refractivity contribution < 1.29 is 0 Å². The molecule has 9 rings (SSSR count). The first kappa shape index (κ1) is 28.4. The molecule has 0 amide bonds. The summed E-state index contributed by atoms with van der Waals surface area (Å²) in [6.07, 6.45) is 12.4. The molecule has 6 aromatic carbocycles. The maximum Gasteiger partial charge on any atom is 0.0671 e. The third-order valence-corrected chi connectivity index (χ3v) is 10.2. The highest BCUT2D eigenvalue weighted by molar-refractivity contribution is 6.05. The van der Waals surface area contributed by atoms with Gasteiger partial charge >= 0.3 is 0 Å². The van der Waals surface area contributed by atoms with E-state index in [1.165, 1.54) is 55.6 Å². The summed E-state index contributed by atoms with van der Waals surface area (Å²) in [5.74, 6) is 0.976. The molecule has 3 aliphatic rings. The fraction of sp³-hybridized carbons (Fsp3) is 0.0851. The molecule has 0 saturated carbocycles. The number of benzene rings is 6. The van der Waals surface area contributed by atoms with Gasteiger partial charge in [0.2, 0.25) is 0 Å². The Bertz CT molecular complexity index is 2270. The van der Waals surface area contributed by atoms with E-state index >= 15 is 0 Å². The summed E-state index contributed by atoms with van der Waals surface area (Å²) < 4.78 is 0. The molecule has 6 aromatic rings. The number of nitrogens with zero attached hydrogens (tertiary/aromatic N) is 1. The molecular weight excluding hydrogens is 579 g/mol. The molecule has 1 heterocycles. The predicted molar refractivity (Wildman–Crippen MR) is 201 cm³/mol. The molecule has 3 atom stereocenters. The first-order valence-electron chi connectivity index (χ1n) is 17.0. The summed E-state index contributed by atoms with van der Waals surface area (Å²) in [6, 6.07) is 55.3. The van der Waals surface area contributed by atoms with Gasteiger partial charge in [0.25, 0.3) is 0 Å². The number of hydrogen-bond donors (Lipinski definition) is 0. The van der Waals surface area contributed by atoms with Crippen LogP contribution in [0.3, 0.4) is 0 Å². The van der Waals surface area contributed by atoms with Crippen LogP contribution in [0.25, 0.3) is 39.1 Å². The molecule has 1 nitrogen and oxygen atoms in total. The second-order valence-corrected chi connectivity index (χ2v) is 13.0. The Balaban J connectivity index is 1.11. The van der Waals surface area contributed by atoms with Gasteiger partial charge in [0.15, 0.2) is 0 Å². The van der Waals surface area contributed by atoms with Gasteiger partial charge in [-0.15, -0.1) is 0 Å². The summed E-state index contributed by atoms with van der Waals surface area (Å²) in [7, 11) is 0. The fourth-order valence-corrected chi connectivity index (χ4v) is 7.89. The van der Waals surface area contributed by atoms with E-state index in [1.54, 1.807) is 0 Å². The van der Waals surface area contributed by atoms with Gasteiger partial charge in [0.1, 0.15) is 0 Å². The molecule has 0 saturated heterocycles. The quantitative estimate of drug-likeness (QED) is 0.183. The van der Waals surface area contributed by atoms with E-state index < -0.39 is 0 Å². The molecule has 0 spiro atoms. The minimum absolute atomic E-state index is 0.214. The molecule has 0 bridgehead atoms. The molecule has 48 heavy (non-hydrogen) atoms. The molecular formula is C47H35N. The van der Waals surface area contributed by atoms with Crippen LogP contribution in [0.5, 0.6) is 0 Å². The van der Waals surface area contributed by atoms with E-state index in [0.717, 1.165) is 23.4 Å². The molecule has 3 unspecified atom stereocenters. The minimum atomic E-state index is 0.214. The summed E-state index contributed by atoms with van der Waals surface area (Å²) >= 11 is 0. The van der Waals surface area contributed by atoms with Crippen molar-refractivity contribution in [3.05, 3.63) is 210 Å². The number of allylic oxidation sites excluding steroid dienone is 5. The van der Waals surface area contributed by atoms with Gasteiger partial charge in [0.05, 0.1) is 5.70 Å². The van der Waals surface area contributed by atoms with E-state index in [4.69, 9.17) is 4.99 Å². The SMILES string of the molecule is C1=CC2c3ccccc3-c3cc(-c4ccccc4-c4cccc(C5C=C(c6ccccc6)N=C(c6ccccc6)C5)c4)ccc3C2C=C1. The second-order valence-electron chi connectivity index (χ2n) is 13.0. The van der Waals surface area contributed by atoms with Crippen LogP contribution in [-0.4, -0.2) is 5.71 Å². The van der Waals surface area contributed by atoms with E-state index in [-0.39, 0.29) is 5.92 Å². The molecule has 1 heteroatoms. The lowest BCUT2D eigenvalue weighted by Crippen LogP contribution is -2.16. The normalized spacial score (nSPS) is 19.0. The zero-order valence-corrected chi connectivity index (χ0v) is 26.7. The number of rotatable bonds is 5. The first-order chi connectivity index (χ1) is 23.8. The summed E-state index contributed by atoms with van der Waals surface area (Å²) in [4.78, 5) is 5.18. The van der Waals surface area contributed by atoms with E-state index in [0.29, 0.717) is 11.8 Å². The van der Waals surface area contributed by atoms with E-state index in [2.05, 4.69) is 182 Å². The van der Waals surface area contributed by atoms with Crippen LogP contribution >= 0.6 is 0 Å². The zero-order chi connectivity index (χ0) is 31.9. The molecule has 1 aliphatic heterocycles. The molecule has 0 N–H and O–H groups in total. The average Bonchev–Trinajstić information content (AvgIpc) is 3.18. The summed E-state index contributed by atoms with van der Waals surface area (Å²) in [5, 5.41) is 0. The van der Waals surface area contributed by atoms with Crippen molar-refractivity contribution in [3.8, 4) is 33.4 Å². The molecule has 0 fully saturated rings. The lowest BCUT2D eigenvalue weighted by Gasteiger charge is -2.34. The van der Waals surface area contributed by atoms with Crippen LogP contribution in [0.2, 0.25) is 0 Å². The highest BCUT2D eigenvalue weighted by Crippen LogP contribution is 2.50. The monoisotopic (exact) mass is 613 g/mol. The maximum atomic E-state index is 5.18. The van der Waals surface area contributed by atoms with Crippen LogP contribution in [0.4, 0.5) is 0 Å². The average molecular weight is 614 g/mol. The van der Waals surface area contributed by atoms with Gasteiger partial charge in [-0.05, 0) is 67.3 Å². The van der Waals surface area contributed by atoms with Crippen molar-refractivity contribution in [3.63, 3.8) is 0 Å². The highest BCUT2D eigenvalue weighted by atomic mass is 14.8. The van der Waals surface area contributed by atoms with Crippen LogP contribution in [-0.2, 0) is 0 Å². The topological polar surface area (TPSA) is 12.4 Å². The molecule has 0 aromatic heterocycles. The smallest absolute Gasteiger partial charge is 0.0671 e.